The maximum absolute atomic E-state index is 14.5. The first-order chi connectivity index (χ1) is 15.8. The van der Waals surface area contributed by atoms with E-state index in [0.717, 1.165) is 67.7 Å². The first-order valence-electron chi connectivity index (χ1n) is 12.1. The molecule has 0 radical (unpaired) electrons. The number of pyridine rings is 1. The van der Waals surface area contributed by atoms with Gasteiger partial charge in [-0.25, -0.2) is 4.39 Å². The molecule has 1 saturated carbocycles. The van der Waals surface area contributed by atoms with E-state index in [2.05, 4.69) is 16.8 Å². The fourth-order valence-electron chi connectivity index (χ4n) is 5.29. The molecule has 2 aliphatic rings. The Morgan fingerprint density at radius 2 is 1.82 bits per heavy atom. The summed E-state index contributed by atoms with van der Waals surface area (Å²) < 4.78 is 14.5. The van der Waals surface area contributed by atoms with Gasteiger partial charge in [0.25, 0.3) is 0 Å². The third kappa shape index (κ3) is 5.49. The predicted octanol–water partition coefficient (Wildman–Crippen LogP) is 4.49. The van der Waals surface area contributed by atoms with Crippen molar-refractivity contribution in [1.82, 2.24) is 14.8 Å². The number of rotatable bonds is 6. The van der Waals surface area contributed by atoms with E-state index >= 15 is 0 Å². The third-order valence-electron chi connectivity index (χ3n) is 7.25. The molecule has 0 bridgehead atoms. The number of amides is 1. The minimum absolute atomic E-state index is 0.0344. The number of ketones is 1. The summed E-state index contributed by atoms with van der Waals surface area (Å²) in [5.74, 6) is 0.169. The van der Waals surface area contributed by atoms with E-state index in [0.29, 0.717) is 18.0 Å². The van der Waals surface area contributed by atoms with Gasteiger partial charge in [-0.15, -0.1) is 0 Å². The van der Waals surface area contributed by atoms with Gasteiger partial charge in [-0.1, -0.05) is 12.8 Å². The quantitative estimate of drug-likeness (QED) is 0.608. The summed E-state index contributed by atoms with van der Waals surface area (Å²) in [4.78, 5) is 34.2. The summed E-state index contributed by atoms with van der Waals surface area (Å²) in [5, 5.41) is 0. The molecule has 1 atom stereocenters. The molecule has 5 nitrogen and oxygen atoms in total. The van der Waals surface area contributed by atoms with Crippen molar-refractivity contribution < 1.29 is 14.0 Å². The van der Waals surface area contributed by atoms with Crippen LogP contribution in [0.2, 0.25) is 0 Å². The fourth-order valence-corrected chi connectivity index (χ4v) is 5.29. The Hall–Kier alpha value is -2.60. The van der Waals surface area contributed by atoms with Gasteiger partial charge in [0.1, 0.15) is 5.82 Å². The Morgan fingerprint density at radius 3 is 2.52 bits per heavy atom. The van der Waals surface area contributed by atoms with Gasteiger partial charge in [-0.2, -0.15) is 0 Å². The highest BCUT2D eigenvalue weighted by Crippen LogP contribution is 2.28. The highest BCUT2D eigenvalue weighted by molar-refractivity contribution is 5.97. The maximum Gasteiger partial charge on any atom is 0.226 e. The number of aromatic nitrogens is 1. The minimum atomic E-state index is -0.313. The van der Waals surface area contributed by atoms with Crippen LogP contribution in [0.25, 0.3) is 0 Å². The lowest BCUT2D eigenvalue weighted by atomic mass is 9.95. The second-order valence-corrected chi connectivity index (χ2v) is 9.73. The second kappa shape index (κ2) is 10.1. The van der Waals surface area contributed by atoms with E-state index < -0.39 is 0 Å². The topological polar surface area (TPSA) is 53.5 Å². The van der Waals surface area contributed by atoms with Gasteiger partial charge in [0, 0.05) is 62.0 Å². The molecule has 6 heteroatoms. The molecule has 0 unspecified atom stereocenters. The van der Waals surface area contributed by atoms with E-state index in [9.17, 15) is 14.0 Å². The average Bonchev–Trinajstić information content (AvgIpc) is 3.31. The van der Waals surface area contributed by atoms with Gasteiger partial charge in [0.05, 0.1) is 0 Å². The number of hydrogen-bond donors (Lipinski definition) is 0. The first-order valence-corrected chi connectivity index (χ1v) is 12.1. The van der Waals surface area contributed by atoms with Crippen LogP contribution in [0.4, 0.5) is 4.39 Å². The van der Waals surface area contributed by atoms with Crippen molar-refractivity contribution in [3.05, 3.63) is 64.2 Å². The monoisotopic (exact) mass is 451 g/mol. The molecule has 2 aromatic rings. The molecule has 33 heavy (non-hydrogen) atoms. The molecule has 0 N–H and O–H groups in total. The van der Waals surface area contributed by atoms with Crippen LogP contribution in [0.3, 0.4) is 0 Å². The molecule has 2 heterocycles. The number of aryl methyl sites for hydroxylation is 1. The summed E-state index contributed by atoms with van der Waals surface area (Å²) in [6, 6.07) is 6.69. The van der Waals surface area contributed by atoms with E-state index in [4.69, 9.17) is 0 Å². The number of benzene rings is 1. The molecular weight excluding hydrogens is 417 g/mol. The van der Waals surface area contributed by atoms with Crippen molar-refractivity contribution in [2.45, 2.75) is 65.5 Å². The number of nitrogens with zero attached hydrogens (tertiary/aromatic N) is 3. The standard InChI is InChI=1S/C27H34FN3O2/c1-18-12-22(8-9-29-18)26(32)15-23-13-25(28)14-24(20(23)3)17-30-10-11-31(19(2)16-30)27(33)21-6-4-5-7-21/h8-9,12-14,19,21H,4-7,10-11,15-17H2,1-3H3/t19-/m0/s1. The second-order valence-electron chi connectivity index (χ2n) is 9.73. The van der Waals surface area contributed by atoms with Gasteiger partial charge >= 0.3 is 0 Å². The lowest BCUT2D eigenvalue weighted by Crippen LogP contribution is -2.54. The van der Waals surface area contributed by atoms with Crippen molar-refractivity contribution in [2.24, 2.45) is 5.92 Å². The highest BCUT2D eigenvalue weighted by Gasteiger charge is 2.33. The first kappa shape index (κ1) is 23.6. The molecule has 1 aliphatic carbocycles. The summed E-state index contributed by atoms with van der Waals surface area (Å²) in [7, 11) is 0. The zero-order chi connectivity index (χ0) is 23.5. The maximum atomic E-state index is 14.5. The molecule has 1 aliphatic heterocycles. The van der Waals surface area contributed by atoms with E-state index in [1.807, 2.05) is 18.7 Å². The highest BCUT2D eigenvalue weighted by atomic mass is 19.1. The Balaban J connectivity index is 1.43. The van der Waals surface area contributed by atoms with Gasteiger partial charge < -0.3 is 4.90 Å². The third-order valence-corrected chi connectivity index (χ3v) is 7.25. The SMILES string of the molecule is Cc1cc(C(=O)Cc2cc(F)cc(CN3CCN(C(=O)C4CCCC4)[C@@H](C)C3)c2C)ccn1. The number of halogens is 1. The number of Topliss-reactive ketones (excluding diaryl/α,β-unsaturated/α-hetero) is 1. The lowest BCUT2D eigenvalue weighted by Gasteiger charge is -2.41. The zero-order valence-electron chi connectivity index (χ0n) is 19.9. The van der Waals surface area contributed by atoms with Gasteiger partial charge in [0.2, 0.25) is 5.91 Å². The molecule has 2 fully saturated rings. The van der Waals surface area contributed by atoms with Crippen LogP contribution in [-0.4, -0.2) is 52.2 Å². The van der Waals surface area contributed by atoms with Crippen molar-refractivity contribution >= 4 is 11.7 Å². The molecular formula is C27H34FN3O2. The van der Waals surface area contributed by atoms with Crippen LogP contribution < -0.4 is 0 Å². The average molecular weight is 452 g/mol. The van der Waals surface area contributed by atoms with Crippen LogP contribution >= 0.6 is 0 Å². The van der Waals surface area contributed by atoms with Gasteiger partial charge in [-0.05, 0) is 74.6 Å². The Labute approximate surface area is 196 Å². The molecule has 176 valence electrons. The summed E-state index contributed by atoms with van der Waals surface area (Å²) in [5.41, 5.74) is 3.99. The molecule has 1 aromatic heterocycles. The fraction of sp³-hybridized carbons (Fsp3) is 0.519. The lowest BCUT2D eigenvalue weighted by molar-refractivity contribution is -0.140. The minimum Gasteiger partial charge on any atom is -0.337 e. The van der Waals surface area contributed by atoms with Crippen LogP contribution in [0.15, 0.2) is 30.5 Å². The van der Waals surface area contributed by atoms with E-state index in [1.165, 1.54) is 6.07 Å². The van der Waals surface area contributed by atoms with E-state index in [-0.39, 0.29) is 30.0 Å². The van der Waals surface area contributed by atoms with Crippen LogP contribution in [-0.2, 0) is 17.8 Å². The molecule has 1 amide bonds. The van der Waals surface area contributed by atoms with Crippen molar-refractivity contribution in [2.75, 3.05) is 19.6 Å². The summed E-state index contributed by atoms with van der Waals surface area (Å²) >= 11 is 0. The summed E-state index contributed by atoms with van der Waals surface area (Å²) in [6.07, 6.45) is 6.17. The number of carbonyl (C=O) groups excluding carboxylic acids is 2. The largest absolute Gasteiger partial charge is 0.337 e. The van der Waals surface area contributed by atoms with Gasteiger partial charge in [-0.3, -0.25) is 19.5 Å². The number of carbonyl (C=O) groups is 2. The Morgan fingerprint density at radius 1 is 1.09 bits per heavy atom. The van der Waals surface area contributed by atoms with Crippen LogP contribution in [0.1, 0.15) is 65.3 Å². The van der Waals surface area contributed by atoms with Crippen molar-refractivity contribution in [3.8, 4) is 0 Å². The zero-order valence-corrected chi connectivity index (χ0v) is 19.9. The predicted molar refractivity (Wildman–Crippen MR) is 127 cm³/mol. The van der Waals surface area contributed by atoms with Crippen molar-refractivity contribution in [1.29, 1.82) is 0 Å². The normalized spacial score (nSPS) is 19.8. The van der Waals surface area contributed by atoms with Crippen molar-refractivity contribution in [3.63, 3.8) is 0 Å². The molecule has 1 saturated heterocycles. The van der Waals surface area contributed by atoms with Crippen LogP contribution in [0, 0.1) is 25.6 Å². The molecule has 4 rings (SSSR count). The van der Waals surface area contributed by atoms with E-state index in [1.54, 1.807) is 24.4 Å². The molecule has 1 aromatic carbocycles. The van der Waals surface area contributed by atoms with Gasteiger partial charge in [0.15, 0.2) is 5.78 Å². The Kier molecular flexibility index (Phi) is 7.23. The number of hydrogen-bond acceptors (Lipinski definition) is 4. The Bertz CT molecular complexity index is 1030. The molecule has 0 spiro atoms. The summed E-state index contributed by atoms with van der Waals surface area (Å²) in [6.45, 7) is 8.83. The van der Waals surface area contributed by atoms with Crippen LogP contribution in [0.5, 0.6) is 0 Å². The number of piperazine rings is 1. The smallest absolute Gasteiger partial charge is 0.226 e.